The third-order valence-corrected chi connectivity index (χ3v) is 3.61. The number of ether oxygens (including phenoxy) is 1. The molecule has 0 saturated carbocycles. The maximum atomic E-state index is 11.9. The van der Waals surface area contributed by atoms with Crippen molar-refractivity contribution in [2.24, 2.45) is 0 Å². The second kappa shape index (κ2) is 5.20. The van der Waals surface area contributed by atoms with Crippen LogP contribution in [0.1, 0.15) is 23.7 Å². The van der Waals surface area contributed by atoms with Crippen LogP contribution in [0.15, 0.2) is 29.1 Å². The Kier molecular flexibility index (Phi) is 3.35. The molecule has 0 bridgehead atoms. The number of carbonyl (C=O) groups is 1. The molecule has 0 saturated heterocycles. The number of nitrogens with zero attached hydrogens (tertiary/aromatic N) is 1. The van der Waals surface area contributed by atoms with Crippen LogP contribution in [-0.4, -0.2) is 16.1 Å². The molecule has 6 nitrogen and oxygen atoms in total. The number of fused-ring (bicyclic) bond motifs is 3. The normalized spacial score (nSPS) is 15.2. The fourth-order valence-electron chi connectivity index (χ4n) is 2.43. The highest BCUT2D eigenvalue weighted by Gasteiger charge is 2.29. The van der Waals surface area contributed by atoms with Crippen LogP contribution < -0.4 is 10.3 Å². The Morgan fingerprint density at radius 2 is 2.23 bits per heavy atom. The van der Waals surface area contributed by atoms with Crippen molar-refractivity contribution in [3.8, 4) is 23.1 Å². The molecule has 0 fully saturated rings. The van der Waals surface area contributed by atoms with Crippen molar-refractivity contribution < 1.29 is 14.6 Å². The van der Waals surface area contributed by atoms with E-state index in [1.807, 2.05) is 0 Å². The number of aromatic nitrogens is 1. The highest BCUT2D eigenvalue weighted by Crippen LogP contribution is 2.43. The zero-order valence-corrected chi connectivity index (χ0v) is 11.8. The first-order valence-corrected chi connectivity index (χ1v) is 6.73. The van der Waals surface area contributed by atoms with E-state index in [0.717, 1.165) is 0 Å². The van der Waals surface area contributed by atoms with E-state index in [9.17, 15) is 9.59 Å². The van der Waals surface area contributed by atoms with Crippen molar-refractivity contribution in [3.63, 3.8) is 0 Å². The molecule has 2 heterocycles. The van der Waals surface area contributed by atoms with Gasteiger partial charge in [0.25, 0.3) is 5.56 Å². The SMILES string of the molecule is N#Cc1cc2c([nH]c1=O)-c1cc(Cl)ccc1OC2CC(=O)O. The van der Waals surface area contributed by atoms with Gasteiger partial charge in [-0.15, -0.1) is 0 Å². The maximum absolute atomic E-state index is 11.9. The molecule has 0 aliphatic carbocycles. The lowest BCUT2D eigenvalue weighted by Crippen LogP contribution is -2.22. The summed E-state index contributed by atoms with van der Waals surface area (Å²) in [6.07, 6.45) is -1.07. The Balaban J connectivity index is 2.27. The summed E-state index contributed by atoms with van der Waals surface area (Å²) in [4.78, 5) is 25.5. The number of nitriles is 1. The maximum Gasteiger partial charge on any atom is 0.307 e. The number of aromatic amines is 1. The van der Waals surface area contributed by atoms with E-state index in [1.54, 1.807) is 24.3 Å². The zero-order valence-electron chi connectivity index (χ0n) is 11.1. The minimum atomic E-state index is -1.04. The average Bonchev–Trinajstić information content (AvgIpc) is 2.47. The van der Waals surface area contributed by atoms with Gasteiger partial charge in [-0.25, -0.2) is 0 Å². The van der Waals surface area contributed by atoms with Crippen molar-refractivity contribution in [3.05, 3.63) is 50.8 Å². The van der Waals surface area contributed by atoms with Crippen molar-refractivity contribution in [2.45, 2.75) is 12.5 Å². The number of carboxylic acids is 1. The third-order valence-electron chi connectivity index (χ3n) is 3.38. The number of pyridine rings is 1. The molecular weight excluding hydrogens is 308 g/mol. The van der Waals surface area contributed by atoms with E-state index in [1.165, 1.54) is 6.07 Å². The first-order chi connectivity index (χ1) is 10.5. The van der Waals surface area contributed by atoms with Crippen LogP contribution in [0.25, 0.3) is 11.3 Å². The second-order valence-electron chi connectivity index (χ2n) is 4.80. The summed E-state index contributed by atoms with van der Waals surface area (Å²) >= 11 is 5.97. The van der Waals surface area contributed by atoms with Gasteiger partial charge in [-0.05, 0) is 24.3 Å². The molecule has 1 unspecified atom stereocenters. The van der Waals surface area contributed by atoms with Gasteiger partial charge in [-0.3, -0.25) is 9.59 Å². The average molecular weight is 317 g/mol. The number of hydrogen-bond donors (Lipinski definition) is 2. The lowest BCUT2D eigenvalue weighted by Gasteiger charge is -2.27. The van der Waals surface area contributed by atoms with Crippen molar-refractivity contribution in [1.29, 1.82) is 5.26 Å². The fourth-order valence-corrected chi connectivity index (χ4v) is 2.61. The van der Waals surface area contributed by atoms with E-state index < -0.39 is 17.6 Å². The molecule has 0 radical (unpaired) electrons. The second-order valence-corrected chi connectivity index (χ2v) is 5.24. The summed E-state index contributed by atoms with van der Waals surface area (Å²) in [5, 5.41) is 18.5. The number of H-pyrrole nitrogens is 1. The van der Waals surface area contributed by atoms with Gasteiger partial charge >= 0.3 is 5.97 Å². The van der Waals surface area contributed by atoms with Gasteiger partial charge in [0.15, 0.2) is 0 Å². The third kappa shape index (κ3) is 2.32. The number of halogens is 1. The molecule has 1 atom stereocenters. The van der Waals surface area contributed by atoms with Crippen LogP contribution in [0.5, 0.6) is 5.75 Å². The number of aliphatic carboxylic acids is 1. The highest BCUT2D eigenvalue weighted by molar-refractivity contribution is 6.31. The summed E-state index contributed by atoms with van der Waals surface area (Å²) in [6, 6.07) is 8.00. The molecular formula is C15H9ClN2O4. The minimum Gasteiger partial charge on any atom is -0.484 e. The van der Waals surface area contributed by atoms with Crippen LogP contribution in [0, 0.1) is 11.3 Å². The quantitative estimate of drug-likeness (QED) is 0.885. The molecule has 1 aromatic carbocycles. The molecule has 110 valence electrons. The minimum absolute atomic E-state index is 0.0942. The summed E-state index contributed by atoms with van der Waals surface area (Å²) in [5.74, 6) is -0.610. The van der Waals surface area contributed by atoms with Crippen LogP contribution >= 0.6 is 11.6 Å². The highest BCUT2D eigenvalue weighted by atomic mass is 35.5. The Labute approximate surface area is 129 Å². The lowest BCUT2D eigenvalue weighted by molar-refractivity contribution is -0.138. The molecule has 3 rings (SSSR count). The van der Waals surface area contributed by atoms with E-state index in [-0.39, 0.29) is 12.0 Å². The number of carboxylic acid groups (broad SMARTS) is 1. The van der Waals surface area contributed by atoms with Crippen molar-refractivity contribution >= 4 is 17.6 Å². The monoisotopic (exact) mass is 316 g/mol. The standard InChI is InChI=1S/C15H9ClN2O4/c16-8-1-2-11-10(4-8)14-9(12(22-11)5-13(19)20)3-7(6-17)15(21)18-14/h1-4,12H,5H2,(H,18,21)(H,19,20). The molecule has 7 heteroatoms. The number of benzene rings is 1. The van der Waals surface area contributed by atoms with Gasteiger partial charge in [0.2, 0.25) is 0 Å². The van der Waals surface area contributed by atoms with Gasteiger partial charge in [0, 0.05) is 16.1 Å². The van der Waals surface area contributed by atoms with Crippen LogP contribution in [-0.2, 0) is 4.79 Å². The molecule has 1 aromatic heterocycles. The topological polar surface area (TPSA) is 103 Å². The predicted octanol–water partition coefficient (Wildman–Crippen LogP) is 2.48. The van der Waals surface area contributed by atoms with Gasteiger partial charge in [0.1, 0.15) is 23.5 Å². The first-order valence-electron chi connectivity index (χ1n) is 6.35. The molecule has 2 aromatic rings. The first kappa shape index (κ1) is 14.2. The Morgan fingerprint density at radius 1 is 1.45 bits per heavy atom. The molecule has 1 aliphatic rings. The molecule has 1 aliphatic heterocycles. The van der Waals surface area contributed by atoms with Crippen LogP contribution in [0.2, 0.25) is 5.02 Å². The van der Waals surface area contributed by atoms with Crippen LogP contribution in [0.3, 0.4) is 0 Å². The number of hydrogen-bond acceptors (Lipinski definition) is 4. The number of rotatable bonds is 2. The van der Waals surface area contributed by atoms with Gasteiger partial charge in [0.05, 0.1) is 12.1 Å². The van der Waals surface area contributed by atoms with Crippen molar-refractivity contribution in [1.82, 2.24) is 4.98 Å². The predicted molar refractivity (Wildman–Crippen MR) is 77.8 cm³/mol. The number of nitrogens with one attached hydrogen (secondary N) is 1. The summed E-state index contributed by atoms with van der Waals surface area (Å²) in [6.45, 7) is 0. The molecule has 2 N–H and O–H groups in total. The van der Waals surface area contributed by atoms with Gasteiger partial charge in [-0.2, -0.15) is 5.26 Å². The summed E-state index contributed by atoms with van der Waals surface area (Å²) in [5.41, 5.74) is 0.810. The Morgan fingerprint density at radius 3 is 2.91 bits per heavy atom. The Bertz CT molecular complexity index is 882. The smallest absolute Gasteiger partial charge is 0.307 e. The van der Waals surface area contributed by atoms with E-state index >= 15 is 0 Å². The van der Waals surface area contributed by atoms with Crippen LogP contribution in [0.4, 0.5) is 0 Å². The van der Waals surface area contributed by atoms with Gasteiger partial charge in [-0.1, -0.05) is 11.6 Å². The van der Waals surface area contributed by atoms with Gasteiger partial charge < -0.3 is 14.8 Å². The summed E-state index contributed by atoms with van der Waals surface area (Å²) in [7, 11) is 0. The zero-order chi connectivity index (χ0) is 15.9. The molecule has 0 spiro atoms. The molecule has 22 heavy (non-hydrogen) atoms. The lowest BCUT2D eigenvalue weighted by atomic mass is 9.95. The fraction of sp³-hybridized carbons (Fsp3) is 0.133. The Hall–Kier alpha value is -2.78. The summed E-state index contributed by atoms with van der Waals surface area (Å²) < 4.78 is 5.69. The van der Waals surface area contributed by atoms with Crippen molar-refractivity contribution in [2.75, 3.05) is 0 Å². The van der Waals surface area contributed by atoms with E-state index in [4.69, 9.17) is 26.7 Å². The van der Waals surface area contributed by atoms with E-state index in [0.29, 0.717) is 27.6 Å². The van der Waals surface area contributed by atoms with E-state index in [2.05, 4.69) is 4.98 Å². The largest absolute Gasteiger partial charge is 0.484 e. The molecule has 0 amide bonds.